The van der Waals surface area contributed by atoms with Gasteiger partial charge in [0.2, 0.25) is 5.91 Å². The molecule has 0 radical (unpaired) electrons. The van der Waals surface area contributed by atoms with Crippen LogP contribution in [0.5, 0.6) is 0 Å². The van der Waals surface area contributed by atoms with Gasteiger partial charge in [-0.25, -0.2) is 9.59 Å². The molecule has 0 saturated carbocycles. The molecule has 1 aromatic heterocycles. The van der Waals surface area contributed by atoms with Crippen LogP contribution in [0.2, 0.25) is 0 Å². The molecule has 0 fully saturated rings. The Morgan fingerprint density at radius 2 is 1.88 bits per heavy atom. The molecule has 1 amide bonds. The molecule has 8 nitrogen and oxygen atoms in total. The van der Waals surface area contributed by atoms with Crippen LogP contribution in [0, 0.1) is 0 Å². The number of ether oxygens (including phenoxy) is 1. The first kappa shape index (κ1) is 18.2. The Morgan fingerprint density at radius 1 is 1.16 bits per heavy atom. The molecule has 0 aliphatic rings. The summed E-state index contributed by atoms with van der Waals surface area (Å²) in [6, 6.07) is 7.56. The Hall–Kier alpha value is -3.16. The third kappa shape index (κ3) is 5.45. The minimum atomic E-state index is -0.560. The van der Waals surface area contributed by atoms with Crippen molar-refractivity contribution in [2.75, 3.05) is 11.9 Å². The lowest BCUT2D eigenvalue weighted by Crippen LogP contribution is -2.29. The minimum Gasteiger partial charge on any atom is -0.462 e. The molecule has 8 heteroatoms. The number of nitrogens with one attached hydrogen (secondary N) is 2. The van der Waals surface area contributed by atoms with E-state index in [9.17, 15) is 19.2 Å². The molecule has 0 atom stereocenters. The maximum absolute atomic E-state index is 11.9. The molecular formula is C17H19N3O5. The molecule has 2 aromatic rings. The Morgan fingerprint density at radius 3 is 2.52 bits per heavy atom. The lowest BCUT2D eigenvalue weighted by Gasteiger charge is -2.08. The Kier molecular flexibility index (Phi) is 6.27. The molecule has 0 bridgehead atoms. The highest BCUT2D eigenvalue weighted by Crippen LogP contribution is 2.11. The summed E-state index contributed by atoms with van der Waals surface area (Å²) in [5.41, 5.74) is -0.101. The topological polar surface area (TPSA) is 110 Å². The van der Waals surface area contributed by atoms with Crippen molar-refractivity contribution in [3.05, 3.63) is 62.9 Å². The number of aryl methyl sites for hydroxylation is 1. The van der Waals surface area contributed by atoms with E-state index in [0.29, 0.717) is 17.9 Å². The average Bonchev–Trinajstić information content (AvgIpc) is 2.59. The van der Waals surface area contributed by atoms with Gasteiger partial charge in [0.05, 0.1) is 12.2 Å². The summed E-state index contributed by atoms with van der Waals surface area (Å²) in [6.07, 6.45) is 2.15. The smallest absolute Gasteiger partial charge is 0.338 e. The van der Waals surface area contributed by atoms with E-state index in [1.54, 1.807) is 24.3 Å². The molecule has 2 N–H and O–H groups in total. The molecule has 1 aromatic carbocycles. The number of anilines is 1. The van der Waals surface area contributed by atoms with E-state index in [-0.39, 0.29) is 18.9 Å². The third-order valence-electron chi connectivity index (χ3n) is 3.32. The van der Waals surface area contributed by atoms with E-state index in [1.807, 2.05) is 6.92 Å². The summed E-state index contributed by atoms with van der Waals surface area (Å²) < 4.78 is 6.27. The average molecular weight is 345 g/mol. The van der Waals surface area contributed by atoms with Gasteiger partial charge in [-0.1, -0.05) is 6.92 Å². The molecule has 2 rings (SSSR count). The van der Waals surface area contributed by atoms with Gasteiger partial charge in [-0.05, 0) is 30.7 Å². The van der Waals surface area contributed by atoms with Gasteiger partial charge < -0.3 is 14.6 Å². The van der Waals surface area contributed by atoms with E-state index < -0.39 is 17.2 Å². The molecule has 0 aliphatic carbocycles. The second-order valence-electron chi connectivity index (χ2n) is 5.31. The van der Waals surface area contributed by atoms with E-state index in [4.69, 9.17) is 4.74 Å². The van der Waals surface area contributed by atoms with Crippen LogP contribution in [0.15, 0.2) is 46.1 Å². The molecule has 0 spiro atoms. The predicted molar refractivity (Wildman–Crippen MR) is 91.6 cm³/mol. The summed E-state index contributed by atoms with van der Waals surface area (Å²) in [5.74, 6) is -0.698. The van der Waals surface area contributed by atoms with Crippen molar-refractivity contribution in [3.8, 4) is 0 Å². The van der Waals surface area contributed by atoms with Gasteiger partial charge in [-0.2, -0.15) is 0 Å². The molecular weight excluding hydrogens is 326 g/mol. The number of hydrogen-bond donors (Lipinski definition) is 2. The van der Waals surface area contributed by atoms with Crippen LogP contribution >= 0.6 is 0 Å². The predicted octanol–water partition coefficient (Wildman–Crippen LogP) is 1.13. The van der Waals surface area contributed by atoms with Crippen LogP contribution in [0.1, 0.15) is 30.1 Å². The normalized spacial score (nSPS) is 10.3. The van der Waals surface area contributed by atoms with Gasteiger partial charge in [0.25, 0.3) is 5.56 Å². The summed E-state index contributed by atoms with van der Waals surface area (Å²) >= 11 is 0. The number of nitrogens with zero attached hydrogens (tertiary/aromatic N) is 1. The fourth-order valence-electron chi connectivity index (χ4n) is 2.03. The number of carbonyl (C=O) groups is 2. The van der Waals surface area contributed by atoms with E-state index in [0.717, 1.165) is 6.42 Å². The van der Waals surface area contributed by atoms with Crippen LogP contribution in [0.3, 0.4) is 0 Å². The molecule has 0 aliphatic heterocycles. The number of rotatable bonds is 7. The second kappa shape index (κ2) is 8.62. The maximum Gasteiger partial charge on any atom is 0.338 e. The first-order chi connectivity index (χ1) is 12.0. The molecule has 132 valence electrons. The minimum absolute atomic E-state index is 0.0617. The highest BCUT2D eigenvalue weighted by molar-refractivity contribution is 5.93. The van der Waals surface area contributed by atoms with Gasteiger partial charge >= 0.3 is 11.7 Å². The quantitative estimate of drug-likeness (QED) is 0.731. The standard InChI is InChI=1S/C17H19N3O5/c1-2-11-25-16(23)12-3-5-13(6-4-12)18-14(21)7-9-20-10-8-15(22)19-17(20)24/h3-6,8,10H,2,7,9,11H2,1H3,(H,18,21)(H,19,22,24). The highest BCUT2D eigenvalue weighted by Gasteiger charge is 2.08. The van der Waals surface area contributed by atoms with E-state index in [2.05, 4.69) is 10.3 Å². The summed E-state index contributed by atoms with van der Waals surface area (Å²) in [7, 11) is 0. The lowest BCUT2D eigenvalue weighted by molar-refractivity contribution is -0.116. The van der Waals surface area contributed by atoms with Gasteiger partial charge in [0, 0.05) is 30.9 Å². The van der Waals surface area contributed by atoms with Crippen LogP contribution < -0.4 is 16.6 Å². The zero-order valence-corrected chi connectivity index (χ0v) is 13.8. The number of aromatic amines is 1. The molecule has 0 unspecified atom stereocenters. The van der Waals surface area contributed by atoms with Crippen molar-refractivity contribution in [2.45, 2.75) is 26.3 Å². The first-order valence-corrected chi connectivity index (χ1v) is 7.86. The van der Waals surface area contributed by atoms with Crippen molar-refractivity contribution >= 4 is 17.6 Å². The molecule has 0 saturated heterocycles. The van der Waals surface area contributed by atoms with Crippen LogP contribution in [-0.4, -0.2) is 28.0 Å². The number of aromatic nitrogens is 2. The Balaban J connectivity index is 1.89. The van der Waals surface area contributed by atoms with Gasteiger partial charge in [-0.15, -0.1) is 0 Å². The zero-order chi connectivity index (χ0) is 18.2. The van der Waals surface area contributed by atoms with E-state index in [1.165, 1.54) is 16.8 Å². The lowest BCUT2D eigenvalue weighted by atomic mass is 10.2. The number of H-pyrrole nitrogens is 1. The summed E-state index contributed by atoms with van der Waals surface area (Å²) in [6.45, 7) is 2.41. The van der Waals surface area contributed by atoms with Crippen LogP contribution in [0.25, 0.3) is 0 Å². The highest BCUT2D eigenvalue weighted by atomic mass is 16.5. The number of amides is 1. The van der Waals surface area contributed by atoms with E-state index >= 15 is 0 Å². The fourth-order valence-corrected chi connectivity index (χ4v) is 2.03. The maximum atomic E-state index is 11.9. The Bertz CT molecular complexity index is 852. The summed E-state index contributed by atoms with van der Waals surface area (Å²) in [4.78, 5) is 48.2. The van der Waals surface area contributed by atoms with Crippen LogP contribution in [0.4, 0.5) is 5.69 Å². The third-order valence-corrected chi connectivity index (χ3v) is 3.32. The zero-order valence-electron chi connectivity index (χ0n) is 13.8. The van der Waals surface area contributed by atoms with Gasteiger partial charge in [-0.3, -0.25) is 14.6 Å². The largest absolute Gasteiger partial charge is 0.462 e. The molecule has 1 heterocycles. The van der Waals surface area contributed by atoms with Crippen LogP contribution in [-0.2, 0) is 16.1 Å². The number of esters is 1. The SMILES string of the molecule is CCCOC(=O)c1ccc(NC(=O)CCn2ccc(=O)[nH]c2=O)cc1. The number of carbonyl (C=O) groups excluding carboxylic acids is 2. The van der Waals surface area contributed by atoms with Crippen molar-refractivity contribution in [1.29, 1.82) is 0 Å². The number of hydrogen-bond acceptors (Lipinski definition) is 5. The second-order valence-corrected chi connectivity index (χ2v) is 5.31. The molecule has 25 heavy (non-hydrogen) atoms. The van der Waals surface area contributed by atoms with Crippen molar-refractivity contribution in [2.24, 2.45) is 0 Å². The number of benzene rings is 1. The van der Waals surface area contributed by atoms with Gasteiger partial charge in [0.15, 0.2) is 0 Å². The Labute approximate surface area is 143 Å². The van der Waals surface area contributed by atoms with Gasteiger partial charge in [0.1, 0.15) is 0 Å². The first-order valence-electron chi connectivity index (χ1n) is 7.86. The van der Waals surface area contributed by atoms with Crippen molar-refractivity contribution in [1.82, 2.24) is 9.55 Å². The summed E-state index contributed by atoms with van der Waals surface area (Å²) in [5, 5.41) is 2.67. The van der Waals surface area contributed by atoms with Crippen molar-refractivity contribution in [3.63, 3.8) is 0 Å². The van der Waals surface area contributed by atoms with Crippen molar-refractivity contribution < 1.29 is 14.3 Å². The fraction of sp³-hybridized carbons (Fsp3) is 0.294. The monoisotopic (exact) mass is 345 g/mol.